The number of hydroxylamine groups is 1. The van der Waals surface area contributed by atoms with Crippen LogP contribution in [0.1, 0.15) is 11.1 Å². The molecular formula is C25H27N3O5S. The minimum atomic E-state index is -3.77. The number of nitrogens with zero attached hydrogens (tertiary/aromatic N) is 2. The van der Waals surface area contributed by atoms with Crippen molar-refractivity contribution in [3.63, 3.8) is 0 Å². The third kappa shape index (κ3) is 5.81. The number of morpholine rings is 1. The molecule has 2 N–H and O–H groups in total. The highest BCUT2D eigenvalue weighted by atomic mass is 32.2. The zero-order chi connectivity index (χ0) is 24.0. The van der Waals surface area contributed by atoms with Gasteiger partial charge in [-0.05, 0) is 52.9 Å². The molecule has 178 valence electrons. The van der Waals surface area contributed by atoms with Crippen LogP contribution in [-0.2, 0) is 26.0 Å². The highest BCUT2D eigenvalue weighted by molar-refractivity contribution is 7.90. The van der Waals surface area contributed by atoms with Crippen molar-refractivity contribution in [2.75, 3.05) is 32.8 Å². The maximum atomic E-state index is 12.9. The van der Waals surface area contributed by atoms with Gasteiger partial charge in [0.25, 0.3) is 15.9 Å². The fourth-order valence-corrected chi connectivity index (χ4v) is 4.97. The highest BCUT2D eigenvalue weighted by Gasteiger charge is 2.16. The van der Waals surface area contributed by atoms with Gasteiger partial charge >= 0.3 is 0 Å². The Morgan fingerprint density at radius 2 is 1.65 bits per heavy atom. The van der Waals surface area contributed by atoms with E-state index < -0.39 is 15.9 Å². The van der Waals surface area contributed by atoms with Crippen LogP contribution in [0.4, 0.5) is 0 Å². The lowest BCUT2D eigenvalue weighted by Gasteiger charge is -2.26. The summed E-state index contributed by atoms with van der Waals surface area (Å²) >= 11 is 0. The van der Waals surface area contributed by atoms with Gasteiger partial charge < -0.3 is 4.74 Å². The molecule has 1 fully saturated rings. The molecule has 0 saturated carbocycles. The van der Waals surface area contributed by atoms with Crippen LogP contribution in [0, 0.1) is 0 Å². The molecule has 1 amide bonds. The quantitative estimate of drug-likeness (QED) is 0.292. The van der Waals surface area contributed by atoms with Crippen molar-refractivity contribution in [3.05, 3.63) is 84.2 Å². The number of amides is 1. The Labute approximate surface area is 199 Å². The largest absolute Gasteiger partial charge is 0.379 e. The number of aromatic nitrogens is 1. The van der Waals surface area contributed by atoms with Gasteiger partial charge in [0.15, 0.2) is 0 Å². The summed E-state index contributed by atoms with van der Waals surface area (Å²) in [5.74, 6) is -0.698. The molecular weight excluding hydrogens is 454 g/mol. The first-order valence-corrected chi connectivity index (χ1v) is 12.4. The normalized spacial score (nSPS) is 15.0. The fourth-order valence-electron chi connectivity index (χ4n) is 3.77. The molecule has 0 bridgehead atoms. The maximum Gasteiger partial charge on any atom is 0.267 e. The summed E-state index contributed by atoms with van der Waals surface area (Å²) in [6.45, 7) is 4.58. The van der Waals surface area contributed by atoms with E-state index in [9.17, 15) is 13.2 Å². The smallest absolute Gasteiger partial charge is 0.267 e. The van der Waals surface area contributed by atoms with Crippen molar-refractivity contribution in [2.45, 2.75) is 11.3 Å². The molecule has 0 radical (unpaired) electrons. The molecule has 1 aromatic heterocycles. The first-order chi connectivity index (χ1) is 16.5. The van der Waals surface area contributed by atoms with Gasteiger partial charge in [0.05, 0.1) is 18.1 Å². The Morgan fingerprint density at radius 3 is 2.29 bits per heavy atom. The Kier molecular flexibility index (Phi) is 7.59. The summed E-state index contributed by atoms with van der Waals surface area (Å²) in [5.41, 5.74) is 5.22. The molecule has 0 aliphatic carbocycles. The zero-order valence-electron chi connectivity index (χ0n) is 18.6. The van der Waals surface area contributed by atoms with Gasteiger partial charge in [0.2, 0.25) is 0 Å². The number of ether oxygens (including phenoxy) is 1. The van der Waals surface area contributed by atoms with E-state index in [0.29, 0.717) is 5.56 Å². The van der Waals surface area contributed by atoms with Crippen LogP contribution in [0.2, 0.25) is 0 Å². The van der Waals surface area contributed by atoms with Crippen LogP contribution in [0.15, 0.2) is 78.0 Å². The van der Waals surface area contributed by atoms with Gasteiger partial charge in [-0.3, -0.25) is 14.9 Å². The van der Waals surface area contributed by atoms with Crippen LogP contribution in [-0.4, -0.2) is 61.3 Å². The highest BCUT2D eigenvalue weighted by Crippen LogP contribution is 2.23. The minimum Gasteiger partial charge on any atom is -0.379 e. The minimum absolute atomic E-state index is 0.164. The van der Waals surface area contributed by atoms with Gasteiger partial charge in [-0.1, -0.05) is 36.4 Å². The molecule has 1 saturated heterocycles. The van der Waals surface area contributed by atoms with Crippen molar-refractivity contribution in [2.24, 2.45) is 0 Å². The van der Waals surface area contributed by atoms with E-state index >= 15 is 0 Å². The maximum absolute atomic E-state index is 12.9. The van der Waals surface area contributed by atoms with E-state index in [1.54, 1.807) is 30.3 Å². The molecule has 1 aliphatic rings. The summed E-state index contributed by atoms with van der Waals surface area (Å²) in [6.07, 6.45) is 6.31. The van der Waals surface area contributed by atoms with Gasteiger partial charge in [-0.15, -0.1) is 0 Å². The van der Waals surface area contributed by atoms with E-state index in [-0.39, 0.29) is 4.90 Å². The summed E-state index contributed by atoms with van der Waals surface area (Å²) < 4.78 is 32.4. The topological polar surface area (TPSA) is 101 Å². The van der Waals surface area contributed by atoms with E-state index in [1.165, 1.54) is 29.5 Å². The van der Waals surface area contributed by atoms with Crippen LogP contribution >= 0.6 is 0 Å². The average molecular weight is 482 g/mol. The SMILES string of the molecule is O=C(/C=C/c1ccn(S(=O)(=O)c2ccc(-c3ccc(CCN4CCOCC4)cc3)cc2)c1)NO. The molecule has 0 atom stereocenters. The first kappa shape index (κ1) is 23.9. The van der Waals surface area contributed by atoms with E-state index in [2.05, 4.69) is 29.2 Å². The fraction of sp³-hybridized carbons (Fsp3) is 0.240. The average Bonchev–Trinajstić information content (AvgIpc) is 3.37. The summed E-state index contributed by atoms with van der Waals surface area (Å²) in [5, 5.41) is 8.53. The van der Waals surface area contributed by atoms with Crippen molar-refractivity contribution in [1.82, 2.24) is 14.4 Å². The van der Waals surface area contributed by atoms with Crippen molar-refractivity contribution in [3.8, 4) is 11.1 Å². The lowest BCUT2D eigenvalue weighted by atomic mass is 10.0. The molecule has 2 heterocycles. The number of nitrogens with one attached hydrogen (secondary N) is 1. The second-order valence-electron chi connectivity index (χ2n) is 8.01. The van der Waals surface area contributed by atoms with E-state index in [0.717, 1.165) is 60.4 Å². The third-order valence-corrected chi connectivity index (χ3v) is 7.42. The molecule has 34 heavy (non-hydrogen) atoms. The van der Waals surface area contributed by atoms with E-state index in [4.69, 9.17) is 9.94 Å². The Morgan fingerprint density at radius 1 is 1.00 bits per heavy atom. The van der Waals surface area contributed by atoms with Crippen molar-refractivity contribution >= 4 is 22.0 Å². The summed E-state index contributed by atoms with van der Waals surface area (Å²) in [6, 6.07) is 16.7. The van der Waals surface area contributed by atoms with Crippen LogP contribution in [0.3, 0.4) is 0 Å². The van der Waals surface area contributed by atoms with Crippen molar-refractivity contribution < 1.29 is 23.2 Å². The number of carbonyl (C=O) groups excluding carboxylic acids is 1. The monoisotopic (exact) mass is 481 g/mol. The molecule has 0 spiro atoms. The van der Waals surface area contributed by atoms with Gasteiger partial charge in [0, 0.05) is 38.1 Å². The number of rotatable bonds is 8. The zero-order valence-corrected chi connectivity index (χ0v) is 19.4. The Hall–Kier alpha value is -3.24. The Bertz CT molecular complexity index is 1240. The lowest BCUT2D eigenvalue weighted by molar-refractivity contribution is -0.124. The van der Waals surface area contributed by atoms with Gasteiger partial charge in [-0.25, -0.2) is 17.9 Å². The number of benzene rings is 2. The second-order valence-corrected chi connectivity index (χ2v) is 9.86. The second kappa shape index (κ2) is 10.8. The molecule has 8 nitrogen and oxygen atoms in total. The van der Waals surface area contributed by atoms with Crippen LogP contribution in [0.5, 0.6) is 0 Å². The third-order valence-electron chi connectivity index (χ3n) is 5.76. The summed E-state index contributed by atoms with van der Waals surface area (Å²) in [4.78, 5) is 13.7. The molecule has 0 unspecified atom stereocenters. The Balaban J connectivity index is 1.41. The van der Waals surface area contributed by atoms with Gasteiger partial charge in [-0.2, -0.15) is 0 Å². The molecule has 1 aliphatic heterocycles. The molecule has 9 heteroatoms. The number of carbonyl (C=O) groups is 1. The predicted octanol–water partition coefficient (Wildman–Crippen LogP) is 2.79. The lowest BCUT2D eigenvalue weighted by Crippen LogP contribution is -2.37. The summed E-state index contributed by atoms with van der Waals surface area (Å²) in [7, 11) is -3.77. The molecule has 4 rings (SSSR count). The van der Waals surface area contributed by atoms with Crippen LogP contribution in [0.25, 0.3) is 17.2 Å². The molecule has 2 aromatic carbocycles. The predicted molar refractivity (Wildman–Crippen MR) is 129 cm³/mol. The van der Waals surface area contributed by atoms with Crippen LogP contribution < -0.4 is 5.48 Å². The number of hydrogen-bond donors (Lipinski definition) is 2. The van der Waals surface area contributed by atoms with Crippen molar-refractivity contribution in [1.29, 1.82) is 0 Å². The first-order valence-electron chi connectivity index (χ1n) is 11.0. The molecule has 3 aromatic rings. The standard InChI is InChI=1S/C25H27N3O5S/c29-25(26-30)10-3-21-12-14-28(19-21)34(31,32)24-8-6-23(7-9-24)22-4-1-20(2-5-22)11-13-27-15-17-33-18-16-27/h1-10,12,14,19,30H,11,13,15-18H2,(H,26,29)/b10-3+. The number of hydrogen-bond acceptors (Lipinski definition) is 6. The van der Waals surface area contributed by atoms with Gasteiger partial charge in [0.1, 0.15) is 0 Å². The van der Waals surface area contributed by atoms with E-state index in [1.807, 2.05) is 0 Å².